The Morgan fingerprint density at radius 1 is 1.35 bits per heavy atom. The lowest BCUT2D eigenvalue weighted by molar-refractivity contribution is 0.101. The molecule has 3 rings (SSSR count). The molecule has 0 fully saturated rings. The summed E-state index contributed by atoms with van der Waals surface area (Å²) in [5.41, 5.74) is 4.23. The zero-order valence-electron chi connectivity index (χ0n) is 11.4. The minimum absolute atomic E-state index is 0.00344. The minimum Gasteiger partial charge on any atom is -0.294 e. The molecule has 0 radical (unpaired) electrons. The number of carbonyl (C=O) groups is 1. The van der Waals surface area contributed by atoms with Crippen molar-refractivity contribution in [2.45, 2.75) is 32.1 Å². The number of Topliss-reactive ketones (excluding diaryl/α,β-unsaturated/α-hetero) is 1. The molecule has 3 heteroatoms. The molecule has 0 saturated heterocycles. The van der Waals surface area contributed by atoms with Crippen molar-refractivity contribution < 1.29 is 4.79 Å². The van der Waals surface area contributed by atoms with Crippen LogP contribution < -0.4 is 0 Å². The third-order valence-electron chi connectivity index (χ3n) is 3.97. The molecule has 2 nitrogen and oxygen atoms in total. The second kappa shape index (κ2) is 5.37. The first-order chi connectivity index (χ1) is 9.66. The Morgan fingerprint density at radius 2 is 2.20 bits per heavy atom. The summed E-state index contributed by atoms with van der Waals surface area (Å²) in [6.07, 6.45) is 5.19. The van der Waals surface area contributed by atoms with E-state index in [-0.39, 0.29) is 5.78 Å². The molecule has 0 amide bonds. The van der Waals surface area contributed by atoms with Crippen LogP contribution in [0, 0.1) is 0 Å². The molecule has 0 aliphatic heterocycles. The molecule has 0 spiro atoms. The van der Waals surface area contributed by atoms with Crippen molar-refractivity contribution >= 4 is 17.4 Å². The van der Waals surface area contributed by atoms with Crippen LogP contribution in [0.25, 0.3) is 0 Å². The average molecular weight is 286 g/mol. The lowest BCUT2D eigenvalue weighted by Crippen LogP contribution is -2.13. The lowest BCUT2D eigenvalue weighted by Gasteiger charge is -2.25. The van der Waals surface area contributed by atoms with E-state index in [1.807, 2.05) is 30.5 Å². The third-order valence-corrected chi connectivity index (χ3v) is 4.28. The van der Waals surface area contributed by atoms with Crippen LogP contribution in [0.5, 0.6) is 0 Å². The van der Waals surface area contributed by atoms with Crippen LogP contribution in [-0.4, -0.2) is 10.8 Å². The number of pyridine rings is 1. The van der Waals surface area contributed by atoms with E-state index in [0.29, 0.717) is 16.5 Å². The van der Waals surface area contributed by atoms with Crippen molar-refractivity contribution in [2.24, 2.45) is 0 Å². The first kappa shape index (κ1) is 13.3. The Balaban J connectivity index is 2.03. The van der Waals surface area contributed by atoms with Crippen molar-refractivity contribution in [2.75, 3.05) is 0 Å². The summed E-state index contributed by atoms with van der Waals surface area (Å²) in [6, 6.07) is 9.91. The predicted octanol–water partition coefficient (Wildman–Crippen LogP) is 4.41. The third kappa shape index (κ3) is 2.36. The fourth-order valence-corrected chi connectivity index (χ4v) is 3.29. The van der Waals surface area contributed by atoms with E-state index in [4.69, 9.17) is 11.6 Å². The molecule has 1 aliphatic carbocycles. The topological polar surface area (TPSA) is 30.0 Å². The molecule has 1 aliphatic rings. The SMILES string of the molecule is CC(=O)c1ccc(C2CCCc3cccnc32)cc1Cl. The van der Waals surface area contributed by atoms with Gasteiger partial charge in [0.1, 0.15) is 0 Å². The van der Waals surface area contributed by atoms with Crippen LogP contribution in [-0.2, 0) is 6.42 Å². The molecule has 0 N–H and O–H groups in total. The van der Waals surface area contributed by atoms with Gasteiger partial charge < -0.3 is 0 Å². The van der Waals surface area contributed by atoms with Gasteiger partial charge in [0.05, 0.1) is 10.7 Å². The number of halogens is 1. The maximum atomic E-state index is 11.5. The second-order valence-corrected chi connectivity index (χ2v) is 5.70. The van der Waals surface area contributed by atoms with Crippen LogP contribution in [0.3, 0.4) is 0 Å². The molecule has 1 heterocycles. The summed E-state index contributed by atoms with van der Waals surface area (Å²) >= 11 is 6.23. The van der Waals surface area contributed by atoms with Crippen molar-refractivity contribution in [3.05, 3.63) is 63.9 Å². The molecule has 1 aromatic heterocycles. The van der Waals surface area contributed by atoms with Crippen molar-refractivity contribution in [1.82, 2.24) is 4.98 Å². The van der Waals surface area contributed by atoms with E-state index < -0.39 is 0 Å². The van der Waals surface area contributed by atoms with Gasteiger partial charge in [0.15, 0.2) is 5.78 Å². The quantitative estimate of drug-likeness (QED) is 0.765. The Hall–Kier alpha value is -1.67. The summed E-state index contributed by atoms with van der Waals surface area (Å²) in [4.78, 5) is 16.0. The summed E-state index contributed by atoms with van der Waals surface area (Å²) < 4.78 is 0. The second-order valence-electron chi connectivity index (χ2n) is 5.29. The number of hydrogen-bond acceptors (Lipinski definition) is 2. The number of aryl methyl sites for hydroxylation is 1. The zero-order valence-corrected chi connectivity index (χ0v) is 12.2. The van der Waals surface area contributed by atoms with Crippen molar-refractivity contribution in [1.29, 1.82) is 0 Å². The van der Waals surface area contributed by atoms with Gasteiger partial charge in [-0.1, -0.05) is 23.7 Å². The van der Waals surface area contributed by atoms with E-state index in [2.05, 4.69) is 11.1 Å². The summed E-state index contributed by atoms with van der Waals surface area (Å²) in [6.45, 7) is 1.54. The molecule has 1 aromatic carbocycles. The van der Waals surface area contributed by atoms with Gasteiger partial charge in [-0.25, -0.2) is 0 Å². The van der Waals surface area contributed by atoms with Gasteiger partial charge in [-0.2, -0.15) is 0 Å². The number of fused-ring (bicyclic) bond motifs is 1. The highest BCUT2D eigenvalue weighted by atomic mass is 35.5. The number of benzene rings is 1. The van der Waals surface area contributed by atoms with Crippen LogP contribution in [0.2, 0.25) is 5.02 Å². The summed E-state index contributed by atoms with van der Waals surface area (Å²) in [5.74, 6) is 0.294. The fourth-order valence-electron chi connectivity index (χ4n) is 2.97. The van der Waals surface area contributed by atoms with Gasteiger partial charge in [0, 0.05) is 17.7 Å². The van der Waals surface area contributed by atoms with Crippen LogP contribution in [0.4, 0.5) is 0 Å². The van der Waals surface area contributed by atoms with Gasteiger partial charge in [-0.05, 0) is 55.5 Å². The van der Waals surface area contributed by atoms with E-state index >= 15 is 0 Å². The molecule has 20 heavy (non-hydrogen) atoms. The monoisotopic (exact) mass is 285 g/mol. The maximum Gasteiger partial charge on any atom is 0.161 e. The molecular formula is C17H16ClNO. The summed E-state index contributed by atoms with van der Waals surface area (Å²) in [5, 5.41) is 0.540. The number of carbonyl (C=O) groups excluding carboxylic acids is 1. The lowest BCUT2D eigenvalue weighted by atomic mass is 9.82. The fraction of sp³-hybridized carbons (Fsp3) is 0.294. The van der Waals surface area contributed by atoms with E-state index in [1.165, 1.54) is 5.56 Å². The van der Waals surface area contributed by atoms with Crippen molar-refractivity contribution in [3.8, 4) is 0 Å². The molecule has 0 bridgehead atoms. The largest absolute Gasteiger partial charge is 0.294 e. The first-order valence-corrected chi connectivity index (χ1v) is 7.29. The Kier molecular flexibility index (Phi) is 3.58. The van der Waals surface area contributed by atoms with Crippen molar-refractivity contribution in [3.63, 3.8) is 0 Å². The molecular weight excluding hydrogens is 270 g/mol. The van der Waals surface area contributed by atoms with Gasteiger partial charge in [-0.15, -0.1) is 0 Å². The van der Waals surface area contributed by atoms with Gasteiger partial charge in [0.2, 0.25) is 0 Å². The molecule has 2 aromatic rings. The van der Waals surface area contributed by atoms with Gasteiger partial charge in [-0.3, -0.25) is 9.78 Å². The molecule has 102 valence electrons. The van der Waals surface area contributed by atoms with Gasteiger partial charge in [0.25, 0.3) is 0 Å². The highest BCUT2D eigenvalue weighted by Crippen LogP contribution is 2.36. The smallest absolute Gasteiger partial charge is 0.161 e. The standard InChI is InChI=1S/C17H16ClNO/c1-11(20)14-8-7-13(10-16(14)18)15-6-2-4-12-5-3-9-19-17(12)15/h3,5,7-10,15H,2,4,6H2,1H3. The Bertz CT molecular complexity index is 666. The number of hydrogen-bond donors (Lipinski definition) is 0. The van der Waals surface area contributed by atoms with Crippen LogP contribution in [0.15, 0.2) is 36.5 Å². The molecule has 0 saturated carbocycles. The normalized spacial score (nSPS) is 17.6. The highest BCUT2D eigenvalue weighted by Gasteiger charge is 2.23. The maximum absolute atomic E-state index is 11.5. The van der Waals surface area contributed by atoms with E-state index in [9.17, 15) is 4.79 Å². The van der Waals surface area contributed by atoms with E-state index in [0.717, 1.165) is 30.5 Å². The van der Waals surface area contributed by atoms with Crippen LogP contribution in [0.1, 0.15) is 52.9 Å². The number of ketones is 1. The first-order valence-electron chi connectivity index (χ1n) is 6.91. The average Bonchev–Trinajstić information content (AvgIpc) is 2.46. The number of nitrogens with zero attached hydrogens (tertiary/aromatic N) is 1. The Morgan fingerprint density at radius 3 is 2.95 bits per heavy atom. The number of aromatic nitrogens is 1. The highest BCUT2D eigenvalue weighted by molar-refractivity contribution is 6.33. The zero-order chi connectivity index (χ0) is 14.1. The van der Waals surface area contributed by atoms with Gasteiger partial charge >= 0.3 is 0 Å². The Labute approximate surface area is 123 Å². The summed E-state index contributed by atoms with van der Waals surface area (Å²) in [7, 11) is 0. The molecule has 1 unspecified atom stereocenters. The minimum atomic E-state index is 0.00344. The predicted molar refractivity (Wildman–Crippen MR) is 80.5 cm³/mol. The number of rotatable bonds is 2. The molecule has 1 atom stereocenters. The van der Waals surface area contributed by atoms with E-state index in [1.54, 1.807) is 6.92 Å². The van der Waals surface area contributed by atoms with Crippen LogP contribution >= 0.6 is 11.6 Å².